The molecular weight excluding hydrogens is 350 g/mol. The standard InChI is InChI=1S/C19H25N3O3S/c1-5-22(11-14-6-8-16(25-4)9-7-14)17(23)10-15-12-26-19(20-15)21-18(24)13(2)3/h6-9,12-13H,5,10-11H2,1-4H3,(H,20,21,24). The molecule has 1 heterocycles. The van der Waals surface area contributed by atoms with Crippen LogP contribution in [-0.2, 0) is 22.6 Å². The Morgan fingerprint density at radius 3 is 2.54 bits per heavy atom. The lowest BCUT2D eigenvalue weighted by molar-refractivity contribution is -0.130. The molecule has 0 aliphatic heterocycles. The van der Waals surface area contributed by atoms with Crippen molar-refractivity contribution in [3.8, 4) is 5.75 Å². The van der Waals surface area contributed by atoms with Crippen molar-refractivity contribution in [2.24, 2.45) is 5.92 Å². The topological polar surface area (TPSA) is 71.5 Å². The maximum Gasteiger partial charge on any atom is 0.228 e. The summed E-state index contributed by atoms with van der Waals surface area (Å²) >= 11 is 1.34. The molecule has 0 fully saturated rings. The summed E-state index contributed by atoms with van der Waals surface area (Å²) in [5.74, 6) is 0.618. The van der Waals surface area contributed by atoms with Crippen molar-refractivity contribution in [2.75, 3.05) is 19.0 Å². The lowest BCUT2D eigenvalue weighted by Gasteiger charge is -2.20. The van der Waals surface area contributed by atoms with E-state index in [-0.39, 0.29) is 24.2 Å². The van der Waals surface area contributed by atoms with E-state index in [0.29, 0.717) is 23.9 Å². The fourth-order valence-corrected chi connectivity index (χ4v) is 3.00. The number of hydrogen-bond donors (Lipinski definition) is 1. The van der Waals surface area contributed by atoms with Crippen LogP contribution in [0.3, 0.4) is 0 Å². The third-order valence-electron chi connectivity index (χ3n) is 3.91. The molecule has 0 aliphatic rings. The first kappa shape index (κ1) is 19.9. The molecular formula is C19H25N3O3S. The maximum absolute atomic E-state index is 12.6. The van der Waals surface area contributed by atoms with Gasteiger partial charge in [-0.3, -0.25) is 9.59 Å². The van der Waals surface area contributed by atoms with Gasteiger partial charge in [-0.15, -0.1) is 11.3 Å². The number of thiazole rings is 1. The molecule has 2 aromatic rings. The Kier molecular flexibility index (Phi) is 7.15. The number of nitrogens with one attached hydrogen (secondary N) is 1. The second-order valence-corrected chi connectivity index (χ2v) is 7.08. The summed E-state index contributed by atoms with van der Waals surface area (Å²) < 4.78 is 5.15. The second kappa shape index (κ2) is 9.33. The Bertz CT molecular complexity index is 741. The minimum absolute atomic E-state index is 0.00959. The summed E-state index contributed by atoms with van der Waals surface area (Å²) in [5, 5.41) is 5.11. The minimum Gasteiger partial charge on any atom is -0.497 e. The first-order valence-electron chi connectivity index (χ1n) is 8.58. The number of likely N-dealkylation sites (N-methyl/N-ethyl adjacent to an activating group) is 1. The molecule has 6 nitrogen and oxygen atoms in total. The van der Waals surface area contributed by atoms with Crippen molar-refractivity contribution in [1.29, 1.82) is 0 Å². The smallest absolute Gasteiger partial charge is 0.228 e. The van der Waals surface area contributed by atoms with Crippen molar-refractivity contribution in [3.05, 3.63) is 40.9 Å². The summed E-state index contributed by atoms with van der Waals surface area (Å²) in [6.07, 6.45) is 0.220. The van der Waals surface area contributed by atoms with Gasteiger partial charge in [0.1, 0.15) is 5.75 Å². The van der Waals surface area contributed by atoms with Crippen LogP contribution in [0.2, 0.25) is 0 Å². The van der Waals surface area contributed by atoms with Crippen LogP contribution in [-0.4, -0.2) is 35.4 Å². The number of amides is 2. The molecule has 1 aromatic heterocycles. The Labute approximate surface area is 158 Å². The highest BCUT2D eigenvalue weighted by Crippen LogP contribution is 2.18. The van der Waals surface area contributed by atoms with Crippen LogP contribution in [0.4, 0.5) is 5.13 Å². The van der Waals surface area contributed by atoms with E-state index in [1.165, 1.54) is 11.3 Å². The molecule has 0 atom stereocenters. The Morgan fingerprint density at radius 1 is 1.27 bits per heavy atom. The van der Waals surface area contributed by atoms with E-state index < -0.39 is 0 Å². The van der Waals surface area contributed by atoms with Gasteiger partial charge in [-0.25, -0.2) is 4.98 Å². The molecule has 140 valence electrons. The molecule has 0 radical (unpaired) electrons. The Hall–Kier alpha value is -2.41. The number of aromatic nitrogens is 1. The van der Waals surface area contributed by atoms with Crippen LogP contribution in [0.15, 0.2) is 29.6 Å². The van der Waals surface area contributed by atoms with Crippen LogP contribution >= 0.6 is 11.3 Å². The normalized spacial score (nSPS) is 10.7. The van der Waals surface area contributed by atoms with E-state index in [4.69, 9.17) is 4.74 Å². The molecule has 0 aliphatic carbocycles. The molecule has 0 bridgehead atoms. The van der Waals surface area contributed by atoms with E-state index >= 15 is 0 Å². The number of benzene rings is 1. The average Bonchev–Trinajstić information content (AvgIpc) is 3.06. The van der Waals surface area contributed by atoms with E-state index in [0.717, 1.165) is 11.3 Å². The van der Waals surface area contributed by atoms with Crippen LogP contribution in [0.1, 0.15) is 32.0 Å². The molecule has 1 aromatic carbocycles. The zero-order chi connectivity index (χ0) is 19.1. The molecule has 0 spiro atoms. The molecule has 0 unspecified atom stereocenters. The predicted octanol–water partition coefficient (Wildman–Crippen LogP) is 3.34. The van der Waals surface area contributed by atoms with Crippen molar-refractivity contribution in [1.82, 2.24) is 9.88 Å². The maximum atomic E-state index is 12.6. The quantitative estimate of drug-likeness (QED) is 0.768. The summed E-state index contributed by atoms with van der Waals surface area (Å²) in [7, 11) is 1.63. The van der Waals surface area contributed by atoms with E-state index in [1.54, 1.807) is 12.0 Å². The van der Waals surface area contributed by atoms with Crippen LogP contribution in [0.25, 0.3) is 0 Å². The molecule has 2 rings (SSSR count). The summed E-state index contributed by atoms with van der Waals surface area (Å²) in [4.78, 5) is 30.4. The third kappa shape index (κ3) is 5.56. The number of carbonyl (C=O) groups excluding carboxylic acids is 2. The monoisotopic (exact) mass is 375 g/mol. The van der Waals surface area contributed by atoms with Gasteiger partial charge < -0.3 is 15.0 Å². The molecule has 1 N–H and O–H groups in total. The number of hydrogen-bond acceptors (Lipinski definition) is 5. The molecule has 0 saturated carbocycles. The second-order valence-electron chi connectivity index (χ2n) is 6.22. The van der Waals surface area contributed by atoms with Gasteiger partial charge in [-0.1, -0.05) is 26.0 Å². The highest BCUT2D eigenvalue weighted by Gasteiger charge is 2.16. The predicted molar refractivity (Wildman–Crippen MR) is 103 cm³/mol. The van der Waals surface area contributed by atoms with E-state index in [9.17, 15) is 9.59 Å². The minimum atomic E-state index is -0.107. The SMILES string of the molecule is CCN(Cc1ccc(OC)cc1)C(=O)Cc1csc(NC(=O)C(C)C)n1. The van der Waals surface area contributed by atoms with Crippen molar-refractivity contribution < 1.29 is 14.3 Å². The fraction of sp³-hybridized carbons (Fsp3) is 0.421. The number of ether oxygens (including phenoxy) is 1. The van der Waals surface area contributed by atoms with Gasteiger partial charge in [0.25, 0.3) is 0 Å². The summed E-state index contributed by atoms with van der Waals surface area (Å²) in [5.41, 5.74) is 1.72. The lowest BCUT2D eigenvalue weighted by atomic mass is 10.2. The van der Waals surface area contributed by atoms with Crippen molar-refractivity contribution in [3.63, 3.8) is 0 Å². The van der Waals surface area contributed by atoms with Gasteiger partial charge >= 0.3 is 0 Å². The lowest BCUT2D eigenvalue weighted by Crippen LogP contribution is -2.31. The zero-order valence-electron chi connectivity index (χ0n) is 15.6. The first-order chi connectivity index (χ1) is 12.4. The van der Waals surface area contributed by atoms with Gasteiger partial charge in [0.15, 0.2) is 5.13 Å². The summed E-state index contributed by atoms with van der Waals surface area (Å²) in [6, 6.07) is 7.68. The van der Waals surface area contributed by atoms with Crippen LogP contribution in [0.5, 0.6) is 5.75 Å². The largest absolute Gasteiger partial charge is 0.497 e. The summed E-state index contributed by atoms with van der Waals surface area (Å²) in [6.45, 7) is 6.76. The third-order valence-corrected chi connectivity index (χ3v) is 4.71. The first-order valence-corrected chi connectivity index (χ1v) is 9.46. The Balaban J connectivity index is 1.95. The van der Waals surface area contributed by atoms with Crippen molar-refractivity contribution in [2.45, 2.75) is 33.7 Å². The zero-order valence-corrected chi connectivity index (χ0v) is 16.4. The average molecular weight is 375 g/mol. The van der Waals surface area contributed by atoms with Crippen LogP contribution in [0, 0.1) is 5.92 Å². The van der Waals surface area contributed by atoms with Crippen molar-refractivity contribution >= 4 is 28.3 Å². The van der Waals surface area contributed by atoms with Gasteiger partial charge in [0.2, 0.25) is 11.8 Å². The highest BCUT2D eigenvalue weighted by molar-refractivity contribution is 7.13. The van der Waals surface area contributed by atoms with E-state index in [2.05, 4.69) is 10.3 Å². The van der Waals surface area contributed by atoms with Gasteiger partial charge in [-0.2, -0.15) is 0 Å². The molecule has 26 heavy (non-hydrogen) atoms. The van der Waals surface area contributed by atoms with Gasteiger partial charge in [0.05, 0.1) is 19.2 Å². The fourth-order valence-electron chi connectivity index (χ4n) is 2.29. The number of carbonyl (C=O) groups is 2. The molecule has 7 heteroatoms. The molecule has 0 saturated heterocycles. The Morgan fingerprint density at radius 2 is 1.96 bits per heavy atom. The molecule has 2 amide bonds. The van der Waals surface area contributed by atoms with Gasteiger partial charge in [0, 0.05) is 24.4 Å². The number of methoxy groups -OCH3 is 1. The number of rotatable bonds is 8. The van der Waals surface area contributed by atoms with Crippen LogP contribution < -0.4 is 10.1 Å². The number of nitrogens with zero attached hydrogens (tertiary/aromatic N) is 2. The number of anilines is 1. The van der Waals surface area contributed by atoms with Gasteiger partial charge in [-0.05, 0) is 24.6 Å². The highest BCUT2D eigenvalue weighted by atomic mass is 32.1. The van der Waals surface area contributed by atoms with E-state index in [1.807, 2.05) is 50.4 Å².